The van der Waals surface area contributed by atoms with Gasteiger partial charge in [0.05, 0.1) is 0 Å². The normalized spacial score (nSPS) is 15.1. The second-order valence-corrected chi connectivity index (χ2v) is 14.3. The molecule has 0 amide bonds. The summed E-state index contributed by atoms with van der Waals surface area (Å²) in [4.78, 5) is 2.35. The predicted molar refractivity (Wildman–Crippen MR) is 201 cm³/mol. The molecule has 9 rings (SSSR count). The maximum absolute atomic E-state index is 2.41. The number of rotatable bonds is 5. The molecule has 0 unspecified atom stereocenters. The van der Waals surface area contributed by atoms with E-state index < -0.39 is 0 Å². The molecule has 2 aliphatic rings. The summed E-state index contributed by atoms with van der Waals surface area (Å²) >= 11 is 0. The van der Waals surface area contributed by atoms with Crippen LogP contribution in [0.25, 0.3) is 44.8 Å². The van der Waals surface area contributed by atoms with E-state index in [9.17, 15) is 0 Å². The first-order valence-electron chi connectivity index (χ1n) is 16.7. The van der Waals surface area contributed by atoms with Crippen LogP contribution >= 0.6 is 0 Å². The van der Waals surface area contributed by atoms with Crippen LogP contribution in [-0.4, -0.2) is 0 Å². The van der Waals surface area contributed by atoms with Crippen molar-refractivity contribution in [3.63, 3.8) is 0 Å². The molecule has 0 aliphatic heterocycles. The van der Waals surface area contributed by atoms with Gasteiger partial charge in [0, 0.05) is 27.9 Å². The molecule has 7 aromatic carbocycles. The van der Waals surface area contributed by atoms with Gasteiger partial charge in [-0.3, -0.25) is 0 Å². The number of nitrogens with zero attached hydrogens (tertiary/aromatic N) is 1. The fraction of sp³-hybridized carbons (Fsp3) is 0.130. The topological polar surface area (TPSA) is 3.24 Å². The minimum atomic E-state index is -0.125. The van der Waals surface area contributed by atoms with Crippen molar-refractivity contribution in [2.45, 2.75) is 38.5 Å². The van der Waals surface area contributed by atoms with E-state index in [-0.39, 0.29) is 10.8 Å². The fourth-order valence-corrected chi connectivity index (χ4v) is 8.30. The van der Waals surface area contributed by atoms with Crippen LogP contribution < -0.4 is 4.90 Å². The Hall–Kier alpha value is -5.40. The first-order valence-corrected chi connectivity index (χ1v) is 16.7. The maximum atomic E-state index is 2.41. The highest BCUT2D eigenvalue weighted by Gasteiger charge is 2.36. The van der Waals surface area contributed by atoms with Crippen molar-refractivity contribution in [3.05, 3.63) is 173 Å². The third kappa shape index (κ3) is 4.16. The second-order valence-electron chi connectivity index (χ2n) is 14.3. The van der Waals surface area contributed by atoms with E-state index in [0.29, 0.717) is 0 Å². The first kappa shape index (κ1) is 27.9. The zero-order valence-corrected chi connectivity index (χ0v) is 27.4. The standard InChI is InChI=1S/C46H37N/c1-45(2)39-17-11-12-32-21-22-33-26-31(28-42(45)44(33)43(32)39)19-18-30-20-24-37-38-25-23-36(29-41(38)46(3,4)40(37)27-30)47(34-13-7-5-8-14-34)35-15-9-6-10-16-35/h5-29H,1-4H3/b19-18+. The Kier molecular flexibility index (Phi) is 5.96. The van der Waals surface area contributed by atoms with Crippen molar-refractivity contribution < 1.29 is 0 Å². The molecule has 0 heterocycles. The number of hydrogen-bond acceptors (Lipinski definition) is 1. The highest BCUT2D eigenvalue weighted by atomic mass is 15.1. The third-order valence-electron chi connectivity index (χ3n) is 10.8. The fourth-order valence-electron chi connectivity index (χ4n) is 8.30. The SMILES string of the molecule is CC1(C)c2cc(/C=C/c3cc4c5c(ccc6cccc(c65)C4(C)C)c3)ccc2-c2ccc(N(c3ccccc3)c3ccccc3)cc21. The summed E-state index contributed by atoms with van der Waals surface area (Å²) in [6.07, 6.45) is 4.59. The van der Waals surface area contributed by atoms with Gasteiger partial charge < -0.3 is 4.90 Å². The average molecular weight is 604 g/mol. The van der Waals surface area contributed by atoms with Crippen molar-refractivity contribution in [2.24, 2.45) is 0 Å². The van der Waals surface area contributed by atoms with Crippen LogP contribution in [-0.2, 0) is 10.8 Å². The van der Waals surface area contributed by atoms with E-state index in [4.69, 9.17) is 0 Å². The number of para-hydroxylation sites is 2. The van der Waals surface area contributed by atoms with E-state index in [1.165, 1.54) is 71.7 Å². The summed E-state index contributed by atoms with van der Waals surface area (Å²) < 4.78 is 0. The molecule has 0 radical (unpaired) electrons. The minimum absolute atomic E-state index is 0.00980. The number of anilines is 3. The lowest BCUT2D eigenvalue weighted by Crippen LogP contribution is -2.16. The van der Waals surface area contributed by atoms with Crippen LogP contribution in [0.5, 0.6) is 0 Å². The first-order chi connectivity index (χ1) is 22.8. The molecule has 0 aromatic heterocycles. The Morgan fingerprint density at radius 3 is 1.70 bits per heavy atom. The molecule has 0 saturated heterocycles. The van der Waals surface area contributed by atoms with Crippen LogP contribution in [0, 0.1) is 0 Å². The average Bonchev–Trinajstić information content (AvgIpc) is 3.47. The molecule has 0 bridgehead atoms. The lowest BCUT2D eigenvalue weighted by molar-refractivity contribution is 0.660. The smallest absolute Gasteiger partial charge is 0.0465 e. The van der Waals surface area contributed by atoms with Gasteiger partial charge in [-0.25, -0.2) is 0 Å². The Balaban J connectivity index is 1.08. The Morgan fingerprint density at radius 2 is 0.979 bits per heavy atom. The molecule has 0 atom stereocenters. The lowest BCUT2D eigenvalue weighted by Gasteiger charge is -2.28. The largest absolute Gasteiger partial charge is 0.310 e. The van der Waals surface area contributed by atoms with E-state index in [1.54, 1.807) is 0 Å². The summed E-state index contributed by atoms with van der Waals surface area (Å²) in [5.41, 5.74) is 14.1. The molecule has 0 fully saturated rings. The lowest BCUT2D eigenvalue weighted by atomic mass is 9.81. The molecule has 1 heteroatoms. The number of fused-ring (bicyclic) bond motifs is 3. The molecule has 0 saturated carbocycles. The summed E-state index contributed by atoms with van der Waals surface area (Å²) in [7, 11) is 0. The highest BCUT2D eigenvalue weighted by Crippen LogP contribution is 2.52. The summed E-state index contributed by atoms with van der Waals surface area (Å²) in [6, 6.07) is 51.4. The molecule has 47 heavy (non-hydrogen) atoms. The van der Waals surface area contributed by atoms with Crippen LogP contribution in [0.3, 0.4) is 0 Å². The van der Waals surface area contributed by atoms with E-state index in [1.807, 2.05) is 0 Å². The van der Waals surface area contributed by atoms with Crippen molar-refractivity contribution in [2.75, 3.05) is 4.90 Å². The van der Waals surface area contributed by atoms with Gasteiger partial charge in [0.1, 0.15) is 0 Å². The van der Waals surface area contributed by atoms with Gasteiger partial charge in [0.25, 0.3) is 0 Å². The van der Waals surface area contributed by atoms with Gasteiger partial charge in [0.15, 0.2) is 0 Å². The number of hydrogen-bond donors (Lipinski definition) is 0. The van der Waals surface area contributed by atoms with Gasteiger partial charge in [-0.15, -0.1) is 0 Å². The summed E-state index contributed by atoms with van der Waals surface area (Å²) in [5.74, 6) is 0. The Labute approximate surface area is 277 Å². The Bertz CT molecular complexity index is 2350. The molecular weight excluding hydrogens is 567 g/mol. The minimum Gasteiger partial charge on any atom is -0.310 e. The second kappa shape index (κ2) is 10.0. The number of benzene rings is 7. The van der Waals surface area contributed by atoms with Gasteiger partial charge in [-0.2, -0.15) is 0 Å². The van der Waals surface area contributed by atoms with Crippen molar-refractivity contribution in [3.8, 4) is 11.1 Å². The molecule has 226 valence electrons. The zero-order chi connectivity index (χ0) is 31.9. The zero-order valence-electron chi connectivity index (χ0n) is 27.4. The van der Waals surface area contributed by atoms with Crippen LogP contribution in [0.15, 0.2) is 140 Å². The van der Waals surface area contributed by atoms with E-state index >= 15 is 0 Å². The highest BCUT2D eigenvalue weighted by molar-refractivity contribution is 6.15. The van der Waals surface area contributed by atoms with E-state index in [2.05, 4.69) is 184 Å². The molecular formula is C46H37N. The van der Waals surface area contributed by atoms with Gasteiger partial charge >= 0.3 is 0 Å². The predicted octanol–water partition coefficient (Wildman–Crippen LogP) is 12.6. The third-order valence-corrected chi connectivity index (χ3v) is 10.8. The molecule has 1 nitrogen and oxygen atoms in total. The Morgan fingerprint density at radius 1 is 0.404 bits per heavy atom. The summed E-state index contributed by atoms with van der Waals surface area (Å²) in [6.45, 7) is 9.48. The van der Waals surface area contributed by atoms with E-state index in [0.717, 1.165) is 11.4 Å². The van der Waals surface area contributed by atoms with Gasteiger partial charge in [0.2, 0.25) is 0 Å². The monoisotopic (exact) mass is 603 g/mol. The van der Waals surface area contributed by atoms with Crippen molar-refractivity contribution in [1.29, 1.82) is 0 Å². The van der Waals surface area contributed by atoms with Crippen LogP contribution in [0.4, 0.5) is 17.1 Å². The summed E-state index contributed by atoms with van der Waals surface area (Å²) in [5, 5.41) is 5.52. The molecule has 0 spiro atoms. The van der Waals surface area contributed by atoms with Crippen LogP contribution in [0.1, 0.15) is 61.1 Å². The van der Waals surface area contributed by atoms with Crippen molar-refractivity contribution >= 4 is 50.8 Å². The maximum Gasteiger partial charge on any atom is 0.0465 e. The quantitative estimate of drug-likeness (QED) is 0.140. The molecule has 0 N–H and O–H groups in total. The van der Waals surface area contributed by atoms with Gasteiger partial charge in [-0.05, 0) is 109 Å². The molecule has 7 aromatic rings. The van der Waals surface area contributed by atoms with Crippen LogP contribution in [0.2, 0.25) is 0 Å². The van der Waals surface area contributed by atoms with Gasteiger partial charge in [-0.1, -0.05) is 137 Å². The molecule has 2 aliphatic carbocycles. The van der Waals surface area contributed by atoms with Crippen molar-refractivity contribution in [1.82, 2.24) is 0 Å².